The van der Waals surface area contributed by atoms with Gasteiger partial charge < -0.3 is 0 Å². The fourth-order valence-corrected chi connectivity index (χ4v) is 9.06. The number of nitrogens with zero attached hydrogens (tertiary/aromatic N) is 2. The summed E-state index contributed by atoms with van der Waals surface area (Å²) in [6.07, 6.45) is 22.3. The van der Waals surface area contributed by atoms with E-state index in [0.717, 1.165) is 112 Å². The van der Waals surface area contributed by atoms with Gasteiger partial charge in [-0.1, -0.05) is 0 Å². The molecule has 0 atom stereocenters. The molecule has 6 radical (unpaired) electrons. The van der Waals surface area contributed by atoms with Crippen LogP contribution >= 0.6 is 0 Å². The molecule has 4 nitrogen and oxygen atoms in total. The molecule has 0 unspecified atom stereocenters. The Morgan fingerprint density at radius 3 is 2.18 bits per heavy atom. The first-order valence-corrected chi connectivity index (χ1v) is 22.6. The quantitative estimate of drug-likeness (QED) is 0.162. The van der Waals surface area contributed by atoms with Gasteiger partial charge in [-0.05, 0) is 0 Å². The van der Waals surface area contributed by atoms with Crippen molar-refractivity contribution >= 4 is 79.6 Å². The zero-order chi connectivity index (χ0) is 34.9. The molecule has 0 bridgehead atoms. The second-order valence-electron chi connectivity index (χ2n) is 14.5. The Hall–Kier alpha value is -2.86. The number of hydrogen-bond acceptors (Lipinski definition) is 4. The van der Waals surface area contributed by atoms with Crippen LogP contribution in [0.5, 0.6) is 11.5 Å². The minimum atomic E-state index is 0.333. The Morgan fingerprint density at radius 2 is 1.54 bits per heavy atom. The summed E-state index contributed by atoms with van der Waals surface area (Å²) >= 11 is 1.93. The van der Waals surface area contributed by atoms with Gasteiger partial charge in [-0.15, -0.1) is 0 Å². The van der Waals surface area contributed by atoms with Crippen LogP contribution in [-0.4, -0.2) is 84.8 Å². The maximum absolute atomic E-state index is 11.1. The Labute approximate surface area is 330 Å². The predicted molar refractivity (Wildman–Crippen MR) is 213 cm³/mol. The van der Waals surface area contributed by atoms with Gasteiger partial charge in [0.1, 0.15) is 0 Å². The molecule has 1 aliphatic heterocycles. The molecule has 1 heterocycles. The monoisotopic (exact) mass is 1050 g/mol. The van der Waals surface area contributed by atoms with Crippen molar-refractivity contribution in [2.75, 3.05) is 38.0 Å². The molecule has 3 aromatic rings. The van der Waals surface area contributed by atoms with Crippen molar-refractivity contribution in [2.24, 2.45) is 0 Å². The Balaban J connectivity index is 1.34. The maximum atomic E-state index is 11.1. The molecule has 0 aromatic heterocycles. The van der Waals surface area contributed by atoms with Gasteiger partial charge in [0.25, 0.3) is 0 Å². The number of aromatic hydroxyl groups is 1. The van der Waals surface area contributed by atoms with E-state index in [9.17, 15) is 5.11 Å². The molecule has 3 aromatic carbocycles. The normalized spacial score (nSPS) is 19.6. The Kier molecular flexibility index (Phi) is 10.9. The van der Waals surface area contributed by atoms with E-state index in [0.29, 0.717) is 17.6 Å². The van der Waals surface area contributed by atoms with Crippen LogP contribution < -0.4 is 14.5 Å². The van der Waals surface area contributed by atoms with E-state index in [2.05, 4.69) is 104 Å². The van der Waals surface area contributed by atoms with Gasteiger partial charge in [-0.25, -0.2) is 0 Å². The van der Waals surface area contributed by atoms with Crippen LogP contribution in [0.3, 0.4) is 0 Å². The number of allylic oxidation sites excluding steroid dienone is 11. The molecule has 0 spiro atoms. The third-order valence-corrected chi connectivity index (χ3v) is 12.0. The first-order chi connectivity index (χ1) is 24.2. The van der Waals surface area contributed by atoms with Gasteiger partial charge >= 0.3 is 333 Å². The molecule has 2 fully saturated rings. The van der Waals surface area contributed by atoms with Gasteiger partial charge in [0.2, 0.25) is 0 Å². The van der Waals surface area contributed by atoms with Gasteiger partial charge in [-0.3, -0.25) is 0 Å². The fourth-order valence-electron chi connectivity index (χ4n) is 7.17. The van der Waals surface area contributed by atoms with E-state index in [-0.39, 0.29) is 0 Å². The average molecular weight is 1050 g/mol. The summed E-state index contributed by atoms with van der Waals surface area (Å²) in [5, 5.41) is 11.1. The van der Waals surface area contributed by atoms with E-state index in [4.69, 9.17) is 4.74 Å². The second-order valence-corrected chi connectivity index (χ2v) is 18.0. The summed E-state index contributed by atoms with van der Waals surface area (Å²) in [5.41, 5.74) is 15.2. The number of fused-ring (bicyclic) bond motifs is 1. The zero-order valence-electron chi connectivity index (χ0n) is 29.7. The van der Waals surface area contributed by atoms with Gasteiger partial charge in [0.15, 0.2) is 0 Å². The molecular formula is C44H46N2O2Pb2. The summed E-state index contributed by atoms with van der Waals surface area (Å²) in [6, 6.07) is 20.1. The Morgan fingerprint density at radius 1 is 0.860 bits per heavy atom. The van der Waals surface area contributed by atoms with Crippen molar-refractivity contribution < 1.29 is 9.84 Å². The molecule has 2 saturated carbocycles. The summed E-state index contributed by atoms with van der Waals surface area (Å²) < 4.78 is 8.35. The number of rotatable bonds is 10. The van der Waals surface area contributed by atoms with E-state index >= 15 is 0 Å². The van der Waals surface area contributed by atoms with Crippen molar-refractivity contribution in [2.45, 2.75) is 60.8 Å². The molecule has 1 N–H and O–H groups in total. The van der Waals surface area contributed by atoms with Crippen LogP contribution in [0.2, 0.25) is 3.98 Å². The molecular weight excluding hydrogens is 1000 g/mol. The third kappa shape index (κ3) is 8.11. The molecule has 7 rings (SSSR count). The van der Waals surface area contributed by atoms with Crippen molar-refractivity contribution in [1.82, 2.24) is 0 Å². The first kappa shape index (κ1) is 35.5. The van der Waals surface area contributed by atoms with Crippen LogP contribution in [0.1, 0.15) is 84.6 Å². The van der Waals surface area contributed by atoms with Crippen LogP contribution in [0.15, 0.2) is 106 Å². The van der Waals surface area contributed by atoms with Crippen molar-refractivity contribution in [3.8, 4) is 11.5 Å². The van der Waals surface area contributed by atoms with Gasteiger partial charge in [0.05, 0.1) is 0 Å². The van der Waals surface area contributed by atoms with E-state index in [1.54, 1.807) is 0 Å². The molecule has 4 aliphatic rings. The van der Waals surface area contributed by atoms with E-state index < -0.39 is 0 Å². The van der Waals surface area contributed by atoms with Gasteiger partial charge in [0, 0.05) is 0 Å². The van der Waals surface area contributed by atoms with E-state index in [1.807, 2.05) is 25.1 Å². The SMILES string of the molecule is CN(C)c1ccc(C(=C\[CH2][Pb])/C=C/C2=C(c3cc(C4CC4)cc(C4CC4)c3)C(=C/C=C3\C=[C]([Pb])Oc4cc(N(C)C)ccc43)/CCC2)c(O)c1. The molecule has 6 heteroatoms. The summed E-state index contributed by atoms with van der Waals surface area (Å²) in [6.45, 7) is 0. The second kappa shape index (κ2) is 15.4. The number of phenols is 1. The fraction of sp³-hybridized carbons (Fsp3) is 0.318. The van der Waals surface area contributed by atoms with E-state index in [1.165, 1.54) is 64.7 Å². The number of phenolic OH excluding ortho intramolecular Hbond substituents is 1. The molecule has 0 saturated heterocycles. The minimum absolute atomic E-state index is 0.333. The van der Waals surface area contributed by atoms with Crippen LogP contribution in [0.4, 0.5) is 11.4 Å². The summed E-state index contributed by atoms with van der Waals surface area (Å²) in [7, 11) is 8.17. The standard InChI is InChI=1S/C44H46N2O2.2Pb/c1-6-29(40-20-18-38(45(2)3)27-42(40)47)10-16-33-8-7-9-34(17-15-32-22-23-48-43-28-39(46(4)5)19-21-41(32)43)44(33)37-25-35(30-11-12-30)24-36(26-37)31-13-14-31;;/h6,10,15-22,24-28,30-31,47H,1,7-9,11-14H2,2-5H3;;/b16-10+,29-6-,32-15+,34-17+;;. The van der Waals surface area contributed by atoms with Crippen LogP contribution in [0.25, 0.3) is 16.7 Å². The number of hydrogen-bond donors (Lipinski definition) is 1. The molecule has 252 valence electrons. The molecule has 50 heavy (non-hydrogen) atoms. The average Bonchev–Trinajstić information content (AvgIpc) is 4.02. The first-order valence-electron chi connectivity index (χ1n) is 17.9. The van der Waals surface area contributed by atoms with Gasteiger partial charge in [-0.2, -0.15) is 0 Å². The Bertz CT molecular complexity index is 1960. The number of benzene rings is 3. The van der Waals surface area contributed by atoms with Crippen molar-refractivity contribution in [1.29, 1.82) is 0 Å². The third-order valence-electron chi connectivity index (χ3n) is 10.3. The van der Waals surface area contributed by atoms with Crippen LogP contribution in [-0.2, 0) is 0 Å². The van der Waals surface area contributed by atoms with Crippen LogP contribution in [0, 0.1) is 0 Å². The topological polar surface area (TPSA) is 35.9 Å². The summed E-state index contributed by atoms with van der Waals surface area (Å²) in [4.78, 5) is 4.16. The predicted octanol–water partition coefficient (Wildman–Crippen LogP) is 9.86. The van der Waals surface area contributed by atoms with Crippen molar-refractivity contribution in [3.63, 3.8) is 0 Å². The molecule has 3 aliphatic carbocycles. The number of ether oxygens (including phenoxy) is 1. The molecule has 0 amide bonds. The van der Waals surface area contributed by atoms with Crippen molar-refractivity contribution in [3.05, 3.63) is 133 Å². The zero-order valence-corrected chi connectivity index (χ0v) is 37.5. The number of anilines is 2. The summed E-state index contributed by atoms with van der Waals surface area (Å²) in [5.74, 6) is 2.70.